The Labute approximate surface area is 104 Å². The summed E-state index contributed by atoms with van der Waals surface area (Å²) in [6.07, 6.45) is 0.927. The van der Waals surface area contributed by atoms with Crippen LogP contribution in [0.1, 0.15) is 23.8 Å². The van der Waals surface area contributed by atoms with Crippen molar-refractivity contribution in [2.45, 2.75) is 18.9 Å². The fourth-order valence-corrected chi connectivity index (χ4v) is 2.06. The Morgan fingerprint density at radius 1 is 1.35 bits per heavy atom. The number of methoxy groups -OCH3 is 1. The van der Waals surface area contributed by atoms with Crippen LogP contribution in [-0.4, -0.2) is 21.8 Å². The highest BCUT2D eigenvalue weighted by Crippen LogP contribution is 2.19. The molecule has 0 aliphatic carbocycles. The lowest BCUT2D eigenvalue weighted by molar-refractivity contribution is 0.163. The smallest absolute Gasteiger partial charge is 0.118 e. The Morgan fingerprint density at radius 3 is 2.71 bits per heavy atom. The van der Waals surface area contributed by atoms with E-state index in [0.29, 0.717) is 12.1 Å². The van der Waals surface area contributed by atoms with Gasteiger partial charge in [0.15, 0.2) is 0 Å². The van der Waals surface area contributed by atoms with Crippen LogP contribution in [-0.2, 0) is 6.42 Å². The van der Waals surface area contributed by atoms with Gasteiger partial charge in [-0.25, -0.2) is 0 Å². The van der Waals surface area contributed by atoms with E-state index in [2.05, 4.69) is 9.59 Å². The molecule has 0 bridgehead atoms. The zero-order valence-corrected chi connectivity index (χ0v) is 10.4. The molecular weight excluding hydrogens is 236 g/mol. The summed E-state index contributed by atoms with van der Waals surface area (Å²) in [6.45, 7) is 0. The van der Waals surface area contributed by atoms with Gasteiger partial charge in [0, 0.05) is 5.38 Å². The predicted octanol–water partition coefficient (Wildman–Crippen LogP) is 2.21. The maximum atomic E-state index is 9.85. The molecule has 0 fully saturated rings. The van der Waals surface area contributed by atoms with Crippen LogP contribution in [0.3, 0.4) is 0 Å². The molecule has 0 saturated heterocycles. The van der Waals surface area contributed by atoms with E-state index in [1.165, 1.54) is 17.1 Å². The molecule has 0 spiro atoms. The van der Waals surface area contributed by atoms with Gasteiger partial charge in [-0.3, -0.25) is 0 Å². The minimum atomic E-state index is -0.532. The van der Waals surface area contributed by atoms with Crippen LogP contribution in [0.5, 0.6) is 5.75 Å². The van der Waals surface area contributed by atoms with Crippen LogP contribution in [0, 0.1) is 0 Å². The number of aliphatic hydroxyl groups is 1. The van der Waals surface area contributed by atoms with Crippen LogP contribution < -0.4 is 4.74 Å². The molecule has 5 heteroatoms. The zero-order chi connectivity index (χ0) is 12.1. The summed E-state index contributed by atoms with van der Waals surface area (Å²) >= 11 is 1.26. The van der Waals surface area contributed by atoms with Crippen molar-refractivity contribution < 1.29 is 9.84 Å². The molecule has 90 valence electrons. The molecule has 0 saturated carbocycles. The Kier molecular flexibility index (Phi) is 4.06. The Morgan fingerprint density at radius 2 is 2.12 bits per heavy atom. The van der Waals surface area contributed by atoms with Gasteiger partial charge >= 0.3 is 0 Å². The third-order valence-corrected chi connectivity index (χ3v) is 3.11. The van der Waals surface area contributed by atoms with Gasteiger partial charge in [-0.15, -0.1) is 5.10 Å². The van der Waals surface area contributed by atoms with E-state index in [9.17, 15) is 5.11 Å². The molecule has 1 atom stereocenters. The van der Waals surface area contributed by atoms with Gasteiger partial charge in [0.25, 0.3) is 0 Å². The normalized spacial score (nSPS) is 12.4. The molecule has 1 aromatic carbocycles. The molecule has 2 rings (SSSR count). The third kappa shape index (κ3) is 3.25. The summed E-state index contributed by atoms with van der Waals surface area (Å²) in [5.74, 6) is 0.845. The lowest BCUT2D eigenvalue weighted by Gasteiger charge is -2.07. The van der Waals surface area contributed by atoms with Gasteiger partial charge in [0.2, 0.25) is 0 Å². The van der Waals surface area contributed by atoms with E-state index in [0.717, 1.165) is 12.2 Å². The maximum Gasteiger partial charge on any atom is 0.118 e. The highest BCUT2D eigenvalue weighted by atomic mass is 32.1. The van der Waals surface area contributed by atoms with Crippen molar-refractivity contribution >= 4 is 11.5 Å². The molecule has 0 aliphatic rings. The van der Waals surface area contributed by atoms with E-state index in [4.69, 9.17) is 4.74 Å². The summed E-state index contributed by atoms with van der Waals surface area (Å²) in [6, 6.07) is 7.86. The second-order valence-electron chi connectivity index (χ2n) is 3.73. The number of hydrogen-bond acceptors (Lipinski definition) is 5. The first-order valence-corrected chi connectivity index (χ1v) is 6.21. The summed E-state index contributed by atoms with van der Waals surface area (Å²) < 4.78 is 8.82. The van der Waals surface area contributed by atoms with Crippen LogP contribution >= 0.6 is 11.5 Å². The number of aryl methyl sites for hydroxylation is 1. The molecule has 4 nitrogen and oxygen atoms in total. The summed E-state index contributed by atoms with van der Waals surface area (Å²) in [4.78, 5) is 0. The zero-order valence-electron chi connectivity index (χ0n) is 9.54. The monoisotopic (exact) mass is 250 g/mol. The lowest BCUT2D eigenvalue weighted by Crippen LogP contribution is -2.00. The first-order valence-electron chi connectivity index (χ1n) is 5.37. The van der Waals surface area contributed by atoms with E-state index in [1.807, 2.05) is 24.3 Å². The van der Waals surface area contributed by atoms with Crippen molar-refractivity contribution in [1.29, 1.82) is 0 Å². The van der Waals surface area contributed by atoms with Gasteiger partial charge < -0.3 is 9.84 Å². The molecule has 1 heterocycles. The van der Waals surface area contributed by atoms with Crippen molar-refractivity contribution in [2.24, 2.45) is 0 Å². The molecule has 0 aliphatic heterocycles. The SMILES string of the molecule is COc1ccc(CCC(O)c2csnn2)cc1. The van der Waals surface area contributed by atoms with Crippen molar-refractivity contribution in [2.75, 3.05) is 7.11 Å². The van der Waals surface area contributed by atoms with Crippen LogP contribution in [0.2, 0.25) is 0 Å². The first-order chi connectivity index (χ1) is 8.29. The van der Waals surface area contributed by atoms with Crippen molar-refractivity contribution in [1.82, 2.24) is 9.59 Å². The average Bonchev–Trinajstić information content (AvgIpc) is 2.90. The number of ether oxygens (including phenoxy) is 1. The molecule has 1 unspecified atom stereocenters. The molecule has 0 radical (unpaired) electrons. The topological polar surface area (TPSA) is 55.2 Å². The third-order valence-electron chi connectivity index (χ3n) is 2.58. The number of aliphatic hydroxyl groups excluding tert-OH is 1. The number of aromatic nitrogens is 2. The molecule has 2 aromatic rings. The molecule has 1 aromatic heterocycles. The lowest BCUT2D eigenvalue weighted by atomic mass is 10.1. The van der Waals surface area contributed by atoms with E-state index >= 15 is 0 Å². The molecule has 0 amide bonds. The minimum Gasteiger partial charge on any atom is -0.497 e. The maximum absolute atomic E-state index is 9.85. The second kappa shape index (κ2) is 5.75. The van der Waals surface area contributed by atoms with E-state index < -0.39 is 6.10 Å². The minimum absolute atomic E-state index is 0.532. The Hall–Kier alpha value is -1.46. The van der Waals surface area contributed by atoms with Gasteiger partial charge in [-0.2, -0.15) is 0 Å². The summed E-state index contributed by atoms with van der Waals surface area (Å²) in [5.41, 5.74) is 1.83. The van der Waals surface area contributed by atoms with Crippen molar-refractivity contribution in [3.05, 3.63) is 40.9 Å². The fraction of sp³-hybridized carbons (Fsp3) is 0.333. The number of hydrogen-bond donors (Lipinski definition) is 1. The number of rotatable bonds is 5. The van der Waals surface area contributed by atoms with Crippen molar-refractivity contribution in [3.8, 4) is 5.75 Å². The molecule has 1 N–H and O–H groups in total. The Bertz CT molecular complexity index is 442. The van der Waals surface area contributed by atoms with E-state index in [-0.39, 0.29) is 0 Å². The number of benzene rings is 1. The quantitative estimate of drug-likeness (QED) is 0.884. The summed E-state index contributed by atoms with van der Waals surface area (Å²) in [7, 11) is 1.65. The second-order valence-corrected chi connectivity index (χ2v) is 4.34. The number of nitrogens with zero attached hydrogens (tertiary/aromatic N) is 2. The first kappa shape index (κ1) is 12.0. The molecule has 17 heavy (non-hydrogen) atoms. The fourth-order valence-electron chi connectivity index (χ4n) is 1.56. The van der Waals surface area contributed by atoms with Crippen LogP contribution in [0.15, 0.2) is 29.6 Å². The van der Waals surface area contributed by atoms with Gasteiger partial charge in [0.05, 0.1) is 13.2 Å². The van der Waals surface area contributed by atoms with Gasteiger partial charge in [-0.05, 0) is 42.1 Å². The highest BCUT2D eigenvalue weighted by Gasteiger charge is 2.10. The summed E-state index contributed by atoms with van der Waals surface area (Å²) in [5, 5.41) is 15.5. The molecular formula is C12H14N2O2S. The van der Waals surface area contributed by atoms with Gasteiger partial charge in [0.1, 0.15) is 11.4 Å². The largest absolute Gasteiger partial charge is 0.497 e. The van der Waals surface area contributed by atoms with Crippen LogP contribution in [0.25, 0.3) is 0 Å². The highest BCUT2D eigenvalue weighted by molar-refractivity contribution is 7.03. The van der Waals surface area contributed by atoms with Gasteiger partial charge in [-0.1, -0.05) is 16.6 Å². The van der Waals surface area contributed by atoms with Crippen molar-refractivity contribution in [3.63, 3.8) is 0 Å². The van der Waals surface area contributed by atoms with E-state index in [1.54, 1.807) is 12.5 Å². The average molecular weight is 250 g/mol. The predicted molar refractivity (Wildman–Crippen MR) is 66.2 cm³/mol. The standard InChI is InChI=1S/C12H14N2O2S/c1-16-10-5-2-9(3-6-10)4-7-12(15)11-8-17-14-13-11/h2-3,5-6,8,12,15H,4,7H2,1H3. The Balaban J connectivity index is 1.89. The van der Waals surface area contributed by atoms with Crippen LogP contribution in [0.4, 0.5) is 0 Å².